The monoisotopic (exact) mass is 1210 g/mol. The molecule has 0 radical (unpaired) electrons. The minimum atomic E-state index is -2.80. The second-order valence-electron chi connectivity index (χ2n) is 25.1. The van der Waals surface area contributed by atoms with Crippen molar-refractivity contribution in [3.8, 4) is 0 Å². The molecule has 400 valence electrons. The van der Waals surface area contributed by atoms with Gasteiger partial charge in [-0.25, -0.2) is 0 Å². The van der Waals surface area contributed by atoms with Crippen molar-refractivity contribution < 1.29 is 57.6 Å². The van der Waals surface area contributed by atoms with Crippen molar-refractivity contribution in [2.75, 3.05) is 0 Å². The zero-order valence-corrected chi connectivity index (χ0v) is 63.8. The lowest BCUT2D eigenvalue weighted by Crippen LogP contribution is -2.63. The molecule has 0 saturated carbocycles. The molecule has 14 nitrogen and oxygen atoms in total. The van der Waals surface area contributed by atoms with Crippen molar-refractivity contribution in [2.45, 2.75) is 203 Å². The Hall–Kier alpha value is 1.65. The second-order valence-corrected chi connectivity index (χ2v) is 80.7. The molecule has 0 bridgehead atoms. The van der Waals surface area contributed by atoms with Crippen molar-refractivity contribution in [3.63, 3.8) is 0 Å². The van der Waals surface area contributed by atoms with Gasteiger partial charge in [-0.1, -0.05) is 42.1 Å². The van der Waals surface area contributed by atoms with E-state index in [-0.39, 0.29) is 0 Å². The standard InChI is InChI=1S/C39H100O14Si15/c1-54(2,3)40-56(6,7)42-58(10,11)44-60(14,15)46-62(18,19)48-64(22,23)50-66(26,27)52-68(30,31)53-67(28,29)51-65(24,25)49-63(20,21)47-61(16,17)45-59(12,13)43-57(8,9)41-55(4,5)38-37-39-35-33-32-34-36-39/h32-38H,1-31H3. The zero-order valence-electron chi connectivity index (χ0n) is 48.8. The largest absolute Gasteiger partial charge is 0.437 e. The summed E-state index contributed by atoms with van der Waals surface area (Å²) in [5.74, 6) is 0. The van der Waals surface area contributed by atoms with Crippen molar-refractivity contribution in [3.05, 3.63) is 41.6 Å². The molecule has 1 aromatic carbocycles. The van der Waals surface area contributed by atoms with Crippen molar-refractivity contribution in [1.29, 1.82) is 0 Å². The van der Waals surface area contributed by atoms with Gasteiger partial charge in [-0.3, -0.25) is 0 Å². The number of hydrogen-bond donors (Lipinski definition) is 0. The summed E-state index contributed by atoms with van der Waals surface area (Å²) in [4.78, 5) is 0. The average molecular weight is 1210 g/mol. The van der Waals surface area contributed by atoms with E-state index in [0.717, 1.165) is 5.56 Å². The van der Waals surface area contributed by atoms with Crippen LogP contribution in [0.3, 0.4) is 0 Å². The summed E-state index contributed by atoms with van der Waals surface area (Å²) in [6, 6.07) is 10.3. The molecule has 29 heteroatoms. The Kier molecular flexibility index (Phi) is 23.4. The van der Waals surface area contributed by atoms with Gasteiger partial charge in [0.1, 0.15) is 0 Å². The smallest absolute Gasteiger partial charge is 0.314 e. The number of benzene rings is 1. The van der Waals surface area contributed by atoms with Gasteiger partial charge in [-0.2, -0.15) is 0 Å². The minimum Gasteiger partial charge on any atom is -0.437 e. The molecule has 0 aliphatic rings. The van der Waals surface area contributed by atoms with E-state index in [4.69, 9.17) is 57.6 Å². The lowest BCUT2D eigenvalue weighted by molar-refractivity contribution is 0.251. The predicted octanol–water partition coefficient (Wildman–Crippen LogP) is 13.6. The third kappa shape index (κ3) is 30.3. The van der Waals surface area contributed by atoms with E-state index in [1.54, 1.807) is 0 Å². The van der Waals surface area contributed by atoms with Crippen LogP contribution in [0.4, 0.5) is 0 Å². The second kappa shape index (κ2) is 23.5. The Labute approximate surface area is 433 Å². The first-order valence-electron chi connectivity index (χ1n) is 24.0. The predicted molar refractivity (Wildman–Crippen MR) is 319 cm³/mol. The molecule has 0 spiro atoms. The highest BCUT2D eigenvalue weighted by atomic mass is 28.5. The van der Waals surface area contributed by atoms with E-state index >= 15 is 0 Å². The van der Waals surface area contributed by atoms with Crippen molar-refractivity contribution in [1.82, 2.24) is 0 Å². The molecular formula is C39H100O14Si15. The third-order valence-corrected chi connectivity index (χ3v) is 65.1. The fourth-order valence-corrected chi connectivity index (χ4v) is 85.3. The van der Waals surface area contributed by atoms with Gasteiger partial charge in [-0.05, 0) is 209 Å². The minimum absolute atomic E-state index is 1.16. The molecule has 0 amide bonds. The molecule has 0 atom stereocenters. The van der Waals surface area contributed by atoms with E-state index in [0.29, 0.717) is 0 Å². The van der Waals surface area contributed by atoms with Gasteiger partial charge < -0.3 is 57.6 Å². The maximum Gasteiger partial charge on any atom is 0.314 e. The summed E-state index contributed by atoms with van der Waals surface area (Å²) in [6.07, 6.45) is 2.15. The summed E-state index contributed by atoms with van der Waals surface area (Å²) >= 11 is 0. The normalized spacial score (nSPS) is 15.8. The van der Waals surface area contributed by atoms with Crippen molar-refractivity contribution in [2.24, 2.45) is 0 Å². The van der Waals surface area contributed by atoms with Gasteiger partial charge in [0.15, 0.2) is 8.32 Å². The summed E-state index contributed by atoms with van der Waals surface area (Å²) in [5.41, 5.74) is 3.39. The van der Waals surface area contributed by atoms with Crippen LogP contribution in [0.25, 0.3) is 6.08 Å². The van der Waals surface area contributed by atoms with Crippen LogP contribution in [0.15, 0.2) is 36.0 Å². The fraction of sp³-hybridized carbons (Fsp3) is 0.795. The third-order valence-electron chi connectivity index (χ3n) is 8.44. The van der Waals surface area contributed by atoms with Gasteiger partial charge in [0.2, 0.25) is 8.32 Å². The maximum absolute atomic E-state index is 6.90. The molecular weight excluding hydrogens is 1110 g/mol. The Bertz CT molecular complexity index is 1790. The Balaban J connectivity index is 2.95. The molecule has 0 aliphatic carbocycles. The van der Waals surface area contributed by atoms with Gasteiger partial charge in [0.05, 0.1) is 0 Å². The zero-order chi connectivity index (χ0) is 53.9. The Morgan fingerprint density at radius 2 is 0.412 bits per heavy atom. The molecule has 68 heavy (non-hydrogen) atoms. The first-order valence-corrected chi connectivity index (χ1v) is 67.0. The molecule has 0 aliphatic heterocycles. The highest BCUT2D eigenvalue weighted by Crippen LogP contribution is 2.33. The quantitative estimate of drug-likeness (QED) is 0.0678. The molecule has 0 N–H and O–H groups in total. The van der Waals surface area contributed by atoms with Crippen LogP contribution in [-0.2, 0) is 57.6 Å². The van der Waals surface area contributed by atoms with Crippen LogP contribution < -0.4 is 0 Å². The van der Waals surface area contributed by atoms with E-state index < -0.39 is 128 Å². The van der Waals surface area contributed by atoms with Crippen LogP contribution in [0.2, 0.25) is 203 Å². The molecule has 0 fully saturated rings. The maximum atomic E-state index is 6.90. The van der Waals surface area contributed by atoms with E-state index in [1.807, 2.05) is 18.2 Å². The van der Waals surface area contributed by atoms with E-state index in [9.17, 15) is 0 Å². The lowest BCUT2D eigenvalue weighted by Gasteiger charge is -2.45. The van der Waals surface area contributed by atoms with Crippen LogP contribution in [0.1, 0.15) is 5.56 Å². The van der Waals surface area contributed by atoms with Gasteiger partial charge >= 0.3 is 111 Å². The number of rotatable bonds is 30. The summed E-state index contributed by atoms with van der Waals surface area (Å²) in [6.45, 7) is 65.0. The van der Waals surface area contributed by atoms with E-state index in [1.165, 1.54) is 0 Å². The highest BCUT2D eigenvalue weighted by Gasteiger charge is 2.52. The summed E-state index contributed by atoms with van der Waals surface area (Å²) < 4.78 is 95.4. The highest BCUT2D eigenvalue weighted by molar-refractivity contribution is 6.95. The van der Waals surface area contributed by atoms with Crippen LogP contribution >= 0.6 is 0 Å². The van der Waals surface area contributed by atoms with Gasteiger partial charge in [-0.15, -0.1) is 0 Å². The number of hydrogen-bond acceptors (Lipinski definition) is 14. The first-order chi connectivity index (χ1) is 29.5. The average Bonchev–Trinajstić information content (AvgIpc) is 2.90. The Morgan fingerprint density at radius 1 is 0.235 bits per heavy atom. The first kappa shape index (κ1) is 67.7. The molecule has 0 heterocycles. The van der Waals surface area contributed by atoms with Crippen molar-refractivity contribution >= 4 is 134 Å². The molecule has 0 aromatic heterocycles. The molecule has 1 aromatic rings. The summed E-state index contributed by atoms with van der Waals surface area (Å²) in [7, 11) is -39.1. The fourth-order valence-electron chi connectivity index (χ4n) is 9.64. The molecule has 0 saturated heterocycles. The summed E-state index contributed by atoms with van der Waals surface area (Å²) in [5, 5.41) is 0. The Morgan fingerprint density at radius 3 is 0.603 bits per heavy atom. The van der Waals surface area contributed by atoms with Crippen LogP contribution in [0, 0.1) is 0 Å². The van der Waals surface area contributed by atoms with Crippen LogP contribution in [-0.4, -0.2) is 128 Å². The van der Waals surface area contributed by atoms with Gasteiger partial charge in [0, 0.05) is 0 Å². The topological polar surface area (TPSA) is 129 Å². The molecule has 0 unspecified atom stereocenters. The SMILES string of the molecule is C[Si](C)(C)O[Si](C)(C)O[Si](C)(C)O[Si](C)(C)O[Si](C)(C)O[Si](C)(C)O[Si](C)(C)O[Si](C)(C)O[Si](C)(C)O[Si](C)(C)O[Si](C)(C)O[Si](C)(C)O[Si](C)(C)O[Si](C)(C)O[Si](C)(C)C=Cc1ccccc1. The lowest BCUT2D eigenvalue weighted by atomic mass is 10.2. The molecule has 1 rings (SSSR count). The van der Waals surface area contributed by atoms with Gasteiger partial charge in [0.25, 0.3) is 0 Å². The van der Waals surface area contributed by atoms with E-state index in [2.05, 4.69) is 227 Å². The van der Waals surface area contributed by atoms with Crippen LogP contribution in [0.5, 0.6) is 0 Å².